The standard InChI is InChI=1S/C23H20BrN3O3/c1-14-11-17(12-21-22(28)26-23(29)25-21)15(2)27(14)19-7-9-20(10-8-19)30-13-16-3-5-18(24)6-4-16/h3-12H,13H2,1-2H3,(H2,25,26,28,29)/b21-12+. The van der Waals surface area contributed by atoms with Gasteiger partial charge in [-0.25, -0.2) is 4.79 Å². The number of nitrogens with one attached hydrogen (secondary N) is 2. The van der Waals surface area contributed by atoms with Crippen molar-refractivity contribution in [2.75, 3.05) is 0 Å². The molecule has 0 bridgehead atoms. The van der Waals surface area contributed by atoms with Crippen molar-refractivity contribution in [3.8, 4) is 11.4 Å². The summed E-state index contributed by atoms with van der Waals surface area (Å²) in [5, 5.41) is 4.73. The average Bonchev–Trinajstić information content (AvgIpc) is 3.19. The lowest BCUT2D eigenvalue weighted by molar-refractivity contribution is -0.115. The van der Waals surface area contributed by atoms with Crippen LogP contribution in [0.1, 0.15) is 22.5 Å². The molecule has 1 aliphatic rings. The number of aromatic nitrogens is 1. The molecule has 152 valence electrons. The molecule has 3 aromatic rings. The molecule has 1 fully saturated rings. The van der Waals surface area contributed by atoms with Gasteiger partial charge in [-0.15, -0.1) is 0 Å². The van der Waals surface area contributed by atoms with E-state index >= 15 is 0 Å². The molecule has 2 aromatic carbocycles. The Labute approximate surface area is 182 Å². The number of rotatable bonds is 5. The first-order valence-corrected chi connectivity index (χ1v) is 10.2. The van der Waals surface area contributed by atoms with Crippen molar-refractivity contribution >= 4 is 33.9 Å². The number of urea groups is 1. The monoisotopic (exact) mass is 465 g/mol. The summed E-state index contributed by atoms with van der Waals surface area (Å²) in [5.41, 5.74) is 5.20. The van der Waals surface area contributed by atoms with Crippen LogP contribution in [0.3, 0.4) is 0 Å². The second-order valence-electron chi connectivity index (χ2n) is 7.04. The Bertz CT molecular complexity index is 1150. The number of benzene rings is 2. The van der Waals surface area contributed by atoms with E-state index in [1.165, 1.54) is 0 Å². The summed E-state index contributed by atoms with van der Waals surface area (Å²) < 4.78 is 9.02. The summed E-state index contributed by atoms with van der Waals surface area (Å²) in [7, 11) is 0. The number of imide groups is 1. The average molecular weight is 466 g/mol. The highest BCUT2D eigenvalue weighted by atomic mass is 79.9. The lowest BCUT2D eigenvalue weighted by Crippen LogP contribution is -2.22. The van der Waals surface area contributed by atoms with Crippen LogP contribution in [0.2, 0.25) is 0 Å². The molecule has 2 heterocycles. The topological polar surface area (TPSA) is 72.4 Å². The summed E-state index contributed by atoms with van der Waals surface area (Å²) in [6, 6.07) is 17.4. The van der Waals surface area contributed by atoms with Gasteiger partial charge in [0.15, 0.2) is 0 Å². The van der Waals surface area contributed by atoms with Gasteiger partial charge in [-0.05, 0) is 73.5 Å². The molecule has 0 radical (unpaired) electrons. The summed E-state index contributed by atoms with van der Waals surface area (Å²) in [5.74, 6) is 0.369. The first kappa shape index (κ1) is 20.0. The summed E-state index contributed by atoms with van der Waals surface area (Å²) in [6.45, 7) is 4.48. The van der Waals surface area contributed by atoms with E-state index < -0.39 is 11.9 Å². The quantitative estimate of drug-likeness (QED) is 0.426. The van der Waals surface area contributed by atoms with Crippen LogP contribution in [0, 0.1) is 13.8 Å². The van der Waals surface area contributed by atoms with Crippen LogP contribution in [-0.2, 0) is 11.4 Å². The van der Waals surface area contributed by atoms with Crippen molar-refractivity contribution in [1.82, 2.24) is 15.2 Å². The van der Waals surface area contributed by atoms with Gasteiger partial charge >= 0.3 is 6.03 Å². The second kappa shape index (κ2) is 8.20. The van der Waals surface area contributed by atoms with Gasteiger partial charge in [0.25, 0.3) is 5.91 Å². The minimum atomic E-state index is -0.501. The molecule has 30 heavy (non-hydrogen) atoms. The Morgan fingerprint density at radius 1 is 1.00 bits per heavy atom. The highest BCUT2D eigenvalue weighted by molar-refractivity contribution is 9.10. The fourth-order valence-corrected chi connectivity index (χ4v) is 3.67. The number of hydrogen-bond donors (Lipinski definition) is 2. The molecule has 0 unspecified atom stereocenters. The molecule has 4 rings (SSSR count). The van der Waals surface area contributed by atoms with Crippen LogP contribution < -0.4 is 15.4 Å². The van der Waals surface area contributed by atoms with Crippen LogP contribution in [0.4, 0.5) is 4.79 Å². The smallest absolute Gasteiger partial charge is 0.326 e. The van der Waals surface area contributed by atoms with Gasteiger partial charge in [-0.1, -0.05) is 28.1 Å². The third-order valence-corrected chi connectivity index (χ3v) is 5.43. The van der Waals surface area contributed by atoms with Crippen molar-refractivity contribution in [2.45, 2.75) is 20.5 Å². The van der Waals surface area contributed by atoms with Gasteiger partial charge in [-0.3, -0.25) is 10.1 Å². The second-order valence-corrected chi connectivity index (χ2v) is 7.95. The number of hydrogen-bond acceptors (Lipinski definition) is 3. The van der Waals surface area contributed by atoms with E-state index in [1.54, 1.807) is 6.08 Å². The number of nitrogens with zero attached hydrogens (tertiary/aromatic N) is 1. The molecule has 0 aliphatic carbocycles. The van der Waals surface area contributed by atoms with Crippen LogP contribution in [0.25, 0.3) is 11.8 Å². The molecule has 0 spiro atoms. The van der Waals surface area contributed by atoms with Crippen molar-refractivity contribution in [3.63, 3.8) is 0 Å². The maximum Gasteiger partial charge on any atom is 0.326 e. The van der Waals surface area contributed by atoms with Crippen molar-refractivity contribution in [2.24, 2.45) is 0 Å². The Hall–Kier alpha value is -3.32. The Morgan fingerprint density at radius 2 is 1.70 bits per heavy atom. The SMILES string of the molecule is Cc1cc(/C=C2/NC(=O)NC2=O)c(C)n1-c1ccc(OCc2ccc(Br)cc2)cc1. The van der Waals surface area contributed by atoms with E-state index in [1.807, 2.05) is 68.4 Å². The summed E-state index contributed by atoms with van der Waals surface area (Å²) >= 11 is 3.43. The zero-order valence-electron chi connectivity index (χ0n) is 16.5. The molecule has 3 amide bonds. The zero-order valence-corrected chi connectivity index (χ0v) is 18.1. The first-order valence-electron chi connectivity index (χ1n) is 9.41. The molecule has 6 nitrogen and oxygen atoms in total. The largest absolute Gasteiger partial charge is 0.489 e. The highest BCUT2D eigenvalue weighted by Gasteiger charge is 2.23. The van der Waals surface area contributed by atoms with E-state index in [4.69, 9.17) is 4.74 Å². The molecule has 7 heteroatoms. The van der Waals surface area contributed by atoms with Crippen molar-refractivity contribution in [3.05, 3.63) is 87.3 Å². The van der Waals surface area contributed by atoms with Crippen LogP contribution >= 0.6 is 15.9 Å². The minimum absolute atomic E-state index is 0.247. The summed E-state index contributed by atoms with van der Waals surface area (Å²) in [4.78, 5) is 23.1. The number of aryl methyl sites for hydroxylation is 1. The third kappa shape index (κ3) is 4.16. The lowest BCUT2D eigenvalue weighted by Gasteiger charge is -2.12. The number of ether oxygens (including phenoxy) is 1. The number of halogens is 1. The van der Waals surface area contributed by atoms with Gasteiger partial charge < -0.3 is 14.6 Å². The molecule has 2 N–H and O–H groups in total. The van der Waals surface area contributed by atoms with E-state index in [-0.39, 0.29) is 5.70 Å². The normalized spacial score (nSPS) is 14.7. The van der Waals surface area contributed by atoms with E-state index in [9.17, 15) is 9.59 Å². The minimum Gasteiger partial charge on any atom is -0.489 e. The number of carbonyl (C=O) groups excluding carboxylic acids is 2. The Morgan fingerprint density at radius 3 is 2.33 bits per heavy atom. The van der Waals surface area contributed by atoms with Crippen molar-refractivity contribution < 1.29 is 14.3 Å². The number of carbonyl (C=O) groups is 2. The maximum atomic E-state index is 11.8. The molecule has 0 atom stereocenters. The van der Waals surface area contributed by atoms with Gasteiger partial charge in [0.05, 0.1) is 0 Å². The molecular weight excluding hydrogens is 446 g/mol. The van der Waals surface area contributed by atoms with Crippen LogP contribution in [0.15, 0.2) is 64.8 Å². The van der Waals surface area contributed by atoms with Crippen LogP contribution in [0.5, 0.6) is 5.75 Å². The van der Waals surface area contributed by atoms with E-state index in [0.717, 1.165) is 38.4 Å². The maximum absolute atomic E-state index is 11.8. The zero-order chi connectivity index (χ0) is 21.3. The number of amides is 3. The highest BCUT2D eigenvalue weighted by Crippen LogP contribution is 2.25. The van der Waals surface area contributed by atoms with Gasteiger partial charge in [0.2, 0.25) is 0 Å². The Kier molecular flexibility index (Phi) is 5.46. The Balaban J connectivity index is 1.52. The molecule has 1 aliphatic heterocycles. The van der Waals surface area contributed by atoms with Gasteiger partial charge in [-0.2, -0.15) is 0 Å². The van der Waals surface area contributed by atoms with E-state index in [0.29, 0.717) is 6.61 Å². The fraction of sp³-hybridized carbons (Fsp3) is 0.130. The molecule has 1 saturated heterocycles. The molecule has 0 saturated carbocycles. The first-order chi connectivity index (χ1) is 14.4. The predicted octanol–water partition coefficient (Wildman–Crippen LogP) is 4.62. The van der Waals surface area contributed by atoms with Crippen molar-refractivity contribution in [1.29, 1.82) is 0 Å². The summed E-state index contributed by atoms with van der Waals surface area (Å²) in [6.07, 6.45) is 1.69. The van der Waals surface area contributed by atoms with Crippen LogP contribution in [-0.4, -0.2) is 16.5 Å². The molecular formula is C23H20BrN3O3. The van der Waals surface area contributed by atoms with E-state index in [2.05, 4.69) is 31.1 Å². The van der Waals surface area contributed by atoms with Gasteiger partial charge in [0.1, 0.15) is 18.1 Å². The lowest BCUT2D eigenvalue weighted by atomic mass is 10.2. The fourth-order valence-electron chi connectivity index (χ4n) is 3.41. The molecule has 1 aromatic heterocycles. The predicted molar refractivity (Wildman–Crippen MR) is 118 cm³/mol. The van der Waals surface area contributed by atoms with Gasteiger partial charge in [0, 0.05) is 21.5 Å². The third-order valence-electron chi connectivity index (χ3n) is 4.90.